The van der Waals surface area contributed by atoms with Gasteiger partial charge in [0, 0.05) is 6.54 Å². The quantitative estimate of drug-likeness (QED) is 0.570. The molecule has 5 heteroatoms. The van der Waals surface area contributed by atoms with E-state index in [1.54, 1.807) is 4.90 Å². The Balaban J connectivity index is 1.95. The fraction of sp³-hybridized carbons (Fsp3) is 0.727. The van der Waals surface area contributed by atoms with Gasteiger partial charge in [0.05, 0.1) is 12.1 Å². The molecule has 0 spiro atoms. The third-order valence-electron chi connectivity index (χ3n) is 3.84. The Labute approximate surface area is 93.3 Å². The molecular weight excluding hydrogens is 210 g/mol. The molecule has 1 saturated heterocycles. The smallest absolute Gasteiger partial charge is 0.410 e. The van der Waals surface area contributed by atoms with E-state index in [4.69, 9.17) is 4.74 Å². The number of aliphatic hydroxyl groups excluding tert-OH is 2. The van der Waals surface area contributed by atoms with Crippen LogP contribution >= 0.6 is 0 Å². The monoisotopic (exact) mass is 225 g/mol. The van der Waals surface area contributed by atoms with Gasteiger partial charge in [-0.25, -0.2) is 4.79 Å². The summed E-state index contributed by atoms with van der Waals surface area (Å²) in [5.74, 6) is 0. The molecule has 0 saturated carbocycles. The summed E-state index contributed by atoms with van der Waals surface area (Å²) in [7, 11) is 0. The second kappa shape index (κ2) is 3.46. The van der Waals surface area contributed by atoms with Gasteiger partial charge in [-0.1, -0.05) is 0 Å². The molecule has 1 amide bonds. The van der Waals surface area contributed by atoms with Crippen molar-refractivity contribution < 1.29 is 19.7 Å². The van der Waals surface area contributed by atoms with Crippen LogP contribution in [0.3, 0.4) is 0 Å². The van der Waals surface area contributed by atoms with Crippen LogP contribution in [0, 0.1) is 0 Å². The number of hydrogen-bond acceptors (Lipinski definition) is 4. The van der Waals surface area contributed by atoms with Crippen molar-refractivity contribution >= 4 is 6.09 Å². The SMILES string of the molecule is O=C1OCC2C3=C(CCN12)[C@@H](O)[C@@H](O)CC3. The maximum Gasteiger partial charge on any atom is 0.410 e. The molecule has 16 heavy (non-hydrogen) atoms. The van der Waals surface area contributed by atoms with Gasteiger partial charge in [-0.05, 0) is 30.4 Å². The van der Waals surface area contributed by atoms with Crippen molar-refractivity contribution in [3.8, 4) is 0 Å². The van der Waals surface area contributed by atoms with Gasteiger partial charge in [0.15, 0.2) is 0 Å². The molecule has 88 valence electrons. The van der Waals surface area contributed by atoms with Crippen molar-refractivity contribution in [3.05, 3.63) is 11.1 Å². The first-order valence-electron chi connectivity index (χ1n) is 5.70. The van der Waals surface area contributed by atoms with Crippen LogP contribution in [-0.4, -0.2) is 52.6 Å². The van der Waals surface area contributed by atoms with E-state index in [0.717, 1.165) is 17.6 Å². The van der Waals surface area contributed by atoms with Crippen molar-refractivity contribution in [1.82, 2.24) is 4.90 Å². The van der Waals surface area contributed by atoms with Gasteiger partial charge in [-0.3, -0.25) is 4.90 Å². The van der Waals surface area contributed by atoms with Crippen molar-refractivity contribution in [2.24, 2.45) is 0 Å². The Morgan fingerprint density at radius 3 is 2.88 bits per heavy atom. The zero-order valence-electron chi connectivity index (χ0n) is 8.93. The third-order valence-corrected chi connectivity index (χ3v) is 3.84. The van der Waals surface area contributed by atoms with E-state index in [1.807, 2.05) is 0 Å². The lowest BCUT2D eigenvalue weighted by Crippen LogP contribution is -2.45. The van der Waals surface area contributed by atoms with Gasteiger partial charge in [0.1, 0.15) is 12.7 Å². The molecule has 3 rings (SSSR count). The first-order valence-corrected chi connectivity index (χ1v) is 5.70. The number of rotatable bonds is 0. The molecule has 5 nitrogen and oxygen atoms in total. The highest BCUT2D eigenvalue weighted by molar-refractivity contribution is 5.71. The number of cyclic esters (lactones) is 1. The van der Waals surface area contributed by atoms with E-state index in [2.05, 4.69) is 0 Å². The number of nitrogens with zero attached hydrogens (tertiary/aromatic N) is 1. The van der Waals surface area contributed by atoms with E-state index in [-0.39, 0.29) is 12.1 Å². The minimum Gasteiger partial charge on any atom is -0.447 e. The van der Waals surface area contributed by atoms with E-state index >= 15 is 0 Å². The Morgan fingerprint density at radius 1 is 1.25 bits per heavy atom. The zero-order valence-corrected chi connectivity index (χ0v) is 8.93. The van der Waals surface area contributed by atoms with Crippen LogP contribution in [0.4, 0.5) is 4.79 Å². The molecule has 0 aromatic carbocycles. The Hall–Kier alpha value is -1.07. The molecule has 3 atom stereocenters. The first kappa shape index (κ1) is 10.1. The largest absolute Gasteiger partial charge is 0.447 e. The topological polar surface area (TPSA) is 70.0 Å². The van der Waals surface area contributed by atoms with E-state index in [1.165, 1.54) is 0 Å². The second-order valence-electron chi connectivity index (χ2n) is 4.64. The number of aliphatic hydroxyl groups is 2. The molecule has 1 aliphatic carbocycles. The lowest BCUT2D eigenvalue weighted by atomic mass is 9.80. The molecule has 0 radical (unpaired) electrons. The normalized spacial score (nSPS) is 38.2. The number of ether oxygens (including phenoxy) is 1. The first-order chi connectivity index (χ1) is 7.68. The van der Waals surface area contributed by atoms with Crippen LogP contribution in [-0.2, 0) is 4.74 Å². The zero-order chi connectivity index (χ0) is 11.3. The third kappa shape index (κ3) is 1.28. The number of fused-ring (bicyclic) bond motifs is 2. The predicted molar refractivity (Wildman–Crippen MR) is 54.7 cm³/mol. The number of hydrogen-bond donors (Lipinski definition) is 2. The number of amides is 1. The van der Waals surface area contributed by atoms with E-state index < -0.39 is 12.2 Å². The molecule has 0 aromatic heterocycles. The summed E-state index contributed by atoms with van der Waals surface area (Å²) in [6.07, 6.45) is 0.324. The highest BCUT2D eigenvalue weighted by Gasteiger charge is 2.43. The molecule has 0 bridgehead atoms. The average molecular weight is 225 g/mol. The molecule has 2 heterocycles. The standard InChI is InChI=1S/C11H15NO4/c13-9-2-1-6-7(10(9)14)3-4-12-8(6)5-16-11(12)15/h8-10,13-14H,1-5H2/t8?,9-,10+/m0/s1. The van der Waals surface area contributed by atoms with Crippen molar-refractivity contribution in [3.63, 3.8) is 0 Å². The van der Waals surface area contributed by atoms with Gasteiger partial charge < -0.3 is 14.9 Å². The van der Waals surface area contributed by atoms with Crippen LogP contribution in [0.2, 0.25) is 0 Å². The summed E-state index contributed by atoms with van der Waals surface area (Å²) in [5.41, 5.74) is 2.04. The van der Waals surface area contributed by atoms with Crippen LogP contribution in [0.5, 0.6) is 0 Å². The van der Waals surface area contributed by atoms with E-state index in [0.29, 0.717) is 26.0 Å². The fourth-order valence-electron chi connectivity index (χ4n) is 2.96. The molecular formula is C11H15NO4. The number of carbonyl (C=O) groups is 1. The Kier molecular flexibility index (Phi) is 2.19. The average Bonchev–Trinajstić information content (AvgIpc) is 2.66. The summed E-state index contributed by atoms with van der Waals surface area (Å²) in [5, 5.41) is 19.5. The van der Waals surface area contributed by atoms with Crippen molar-refractivity contribution in [1.29, 1.82) is 0 Å². The summed E-state index contributed by atoms with van der Waals surface area (Å²) < 4.78 is 5.02. The highest BCUT2D eigenvalue weighted by Crippen LogP contribution is 2.37. The minimum atomic E-state index is -0.749. The van der Waals surface area contributed by atoms with Crippen molar-refractivity contribution in [2.75, 3.05) is 13.2 Å². The summed E-state index contributed by atoms with van der Waals surface area (Å²) in [6.45, 7) is 0.979. The molecule has 1 unspecified atom stereocenters. The number of carbonyl (C=O) groups excluding carboxylic acids is 1. The Bertz CT molecular complexity index is 365. The highest BCUT2D eigenvalue weighted by atomic mass is 16.6. The van der Waals surface area contributed by atoms with Crippen LogP contribution in [0.25, 0.3) is 0 Å². The van der Waals surface area contributed by atoms with E-state index in [9.17, 15) is 15.0 Å². The van der Waals surface area contributed by atoms with Gasteiger partial charge in [-0.2, -0.15) is 0 Å². The van der Waals surface area contributed by atoms with Gasteiger partial charge in [0.25, 0.3) is 0 Å². The van der Waals surface area contributed by atoms with Crippen LogP contribution in [0.15, 0.2) is 11.1 Å². The maximum atomic E-state index is 11.4. The molecule has 3 aliphatic rings. The molecule has 1 fully saturated rings. The van der Waals surface area contributed by atoms with Crippen LogP contribution < -0.4 is 0 Å². The Morgan fingerprint density at radius 2 is 2.06 bits per heavy atom. The lowest BCUT2D eigenvalue weighted by molar-refractivity contribution is 0.0223. The summed E-state index contributed by atoms with van der Waals surface area (Å²) >= 11 is 0. The van der Waals surface area contributed by atoms with Crippen molar-refractivity contribution in [2.45, 2.75) is 37.5 Å². The maximum absolute atomic E-state index is 11.4. The summed E-state index contributed by atoms with van der Waals surface area (Å²) in [6, 6.07) is -0.00148. The van der Waals surface area contributed by atoms with Gasteiger partial charge >= 0.3 is 6.09 Å². The summed E-state index contributed by atoms with van der Waals surface area (Å²) in [4.78, 5) is 13.1. The molecule has 2 N–H and O–H groups in total. The lowest BCUT2D eigenvalue weighted by Gasteiger charge is -2.38. The van der Waals surface area contributed by atoms with Crippen LogP contribution in [0.1, 0.15) is 19.3 Å². The second-order valence-corrected chi connectivity index (χ2v) is 4.64. The molecule has 0 aromatic rings. The predicted octanol–water partition coefficient (Wildman–Crippen LogP) is 0.0231. The van der Waals surface area contributed by atoms with Gasteiger partial charge in [-0.15, -0.1) is 0 Å². The van der Waals surface area contributed by atoms with Gasteiger partial charge in [0.2, 0.25) is 0 Å². The minimum absolute atomic E-state index is 0.00148. The fourth-order valence-corrected chi connectivity index (χ4v) is 2.96. The molecule has 2 aliphatic heterocycles.